The molecule has 4 rings (SSSR count). The molecule has 2 saturated heterocycles. The van der Waals surface area contributed by atoms with E-state index in [1.165, 1.54) is 23.1 Å². The maximum absolute atomic E-state index is 13.4. The fourth-order valence-corrected chi connectivity index (χ4v) is 3.91. The van der Waals surface area contributed by atoms with Gasteiger partial charge in [0.1, 0.15) is 11.6 Å². The molecule has 1 aromatic carbocycles. The van der Waals surface area contributed by atoms with Crippen molar-refractivity contribution in [2.45, 2.75) is 6.42 Å². The van der Waals surface area contributed by atoms with Gasteiger partial charge in [-0.2, -0.15) is 0 Å². The predicted molar refractivity (Wildman–Crippen MR) is 105 cm³/mol. The number of hydrogen-bond donors (Lipinski definition) is 0. The van der Waals surface area contributed by atoms with Crippen LogP contribution in [-0.4, -0.2) is 54.4 Å². The number of carbonyl (C=O) groups is 2. The second kappa shape index (κ2) is 7.75. The number of benzene rings is 1. The first kappa shape index (κ1) is 18.7. The van der Waals surface area contributed by atoms with E-state index in [2.05, 4.69) is 9.88 Å². The van der Waals surface area contributed by atoms with Crippen LogP contribution in [0.4, 0.5) is 15.9 Å². The highest BCUT2D eigenvalue weighted by Crippen LogP contribution is 2.29. The quantitative estimate of drug-likeness (QED) is 0.791. The molecule has 3 heterocycles. The van der Waals surface area contributed by atoms with E-state index in [-0.39, 0.29) is 23.3 Å². The smallest absolute Gasteiger partial charge is 0.228 e. The zero-order valence-electron chi connectivity index (χ0n) is 15.2. The molecule has 2 amide bonds. The van der Waals surface area contributed by atoms with Crippen molar-refractivity contribution in [1.29, 1.82) is 0 Å². The van der Waals surface area contributed by atoms with E-state index < -0.39 is 11.7 Å². The number of amides is 2. The molecule has 146 valence electrons. The van der Waals surface area contributed by atoms with E-state index in [0.29, 0.717) is 38.4 Å². The average molecular weight is 403 g/mol. The topological polar surface area (TPSA) is 56.8 Å². The first-order valence-electron chi connectivity index (χ1n) is 9.23. The maximum atomic E-state index is 13.4. The van der Waals surface area contributed by atoms with Crippen LogP contribution in [0, 0.1) is 11.7 Å². The van der Waals surface area contributed by atoms with Gasteiger partial charge in [-0.3, -0.25) is 9.59 Å². The fourth-order valence-electron chi connectivity index (χ4n) is 3.73. The number of carbonyl (C=O) groups excluding carboxylic acids is 2. The third-order valence-corrected chi connectivity index (χ3v) is 5.54. The summed E-state index contributed by atoms with van der Waals surface area (Å²) in [7, 11) is 0. The Kier molecular flexibility index (Phi) is 5.17. The minimum absolute atomic E-state index is 0.00951. The highest BCUT2D eigenvalue weighted by molar-refractivity contribution is 6.31. The first-order valence-corrected chi connectivity index (χ1v) is 9.61. The SMILES string of the molecule is O=C([C@@H]1CC(=O)N(c2ccc(F)c(Cl)c2)C1)N1CCN(c2ccccn2)CC1. The second-order valence-electron chi connectivity index (χ2n) is 7.00. The molecule has 1 aromatic heterocycles. The van der Waals surface area contributed by atoms with Gasteiger partial charge < -0.3 is 14.7 Å². The van der Waals surface area contributed by atoms with Gasteiger partial charge in [0, 0.05) is 51.0 Å². The van der Waals surface area contributed by atoms with Crippen molar-refractivity contribution in [1.82, 2.24) is 9.88 Å². The van der Waals surface area contributed by atoms with Gasteiger partial charge in [0.15, 0.2) is 0 Å². The van der Waals surface area contributed by atoms with Crippen molar-refractivity contribution >= 4 is 34.9 Å². The maximum Gasteiger partial charge on any atom is 0.228 e. The van der Waals surface area contributed by atoms with Crippen molar-refractivity contribution in [3.63, 3.8) is 0 Å². The third kappa shape index (κ3) is 3.67. The lowest BCUT2D eigenvalue weighted by molar-refractivity contribution is -0.136. The highest BCUT2D eigenvalue weighted by atomic mass is 35.5. The molecule has 0 aliphatic carbocycles. The van der Waals surface area contributed by atoms with Crippen LogP contribution >= 0.6 is 11.6 Å². The summed E-state index contributed by atoms with van der Waals surface area (Å²) in [6, 6.07) is 9.95. The van der Waals surface area contributed by atoms with Crippen molar-refractivity contribution in [3.05, 3.63) is 53.4 Å². The molecule has 2 aliphatic heterocycles. The summed E-state index contributed by atoms with van der Waals surface area (Å²) < 4.78 is 13.4. The summed E-state index contributed by atoms with van der Waals surface area (Å²) >= 11 is 5.83. The summed E-state index contributed by atoms with van der Waals surface area (Å²) in [6.45, 7) is 2.91. The number of pyridine rings is 1. The number of aromatic nitrogens is 1. The summed E-state index contributed by atoms with van der Waals surface area (Å²) in [5.74, 6) is -0.170. The van der Waals surface area contributed by atoms with E-state index in [0.717, 1.165) is 5.82 Å². The van der Waals surface area contributed by atoms with Crippen LogP contribution in [0.1, 0.15) is 6.42 Å². The van der Waals surface area contributed by atoms with Gasteiger partial charge in [0.2, 0.25) is 11.8 Å². The zero-order chi connectivity index (χ0) is 19.7. The Labute approximate surface area is 167 Å². The summed E-state index contributed by atoms with van der Waals surface area (Å²) in [5.41, 5.74) is 0.520. The molecular formula is C20H20ClFN4O2. The van der Waals surface area contributed by atoms with E-state index in [9.17, 15) is 14.0 Å². The summed E-state index contributed by atoms with van der Waals surface area (Å²) in [6.07, 6.45) is 1.92. The van der Waals surface area contributed by atoms with E-state index in [1.54, 1.807) is 6.20 Å². The van der Waals surface area contributed by atoms with E-state index in [4.69, 9.17) is 11.6 Å². The highest BCUT2D eigenvalue weighted by Gasteiger charge is 2.38. The minimum Gasteiger partial charge on any atom is -0.353 e. The number of nitrogens with zero attached hydrogens (tertiary/aromatic N) is 4. The Morgan fingerprint density at radius 2 is 1.93 bits per heavy atom. The van der Waals surface area contributed by atoms with Crippen LogP contribution in [0.25, 0.3) is 0 Å². The van der Waals surface area contributed by atoms with Crippen molar-refractivity contribution < 1.29 is 14.0 Å². The monoisotopic (exact) mass is 402 g/mol. The van der Waals surface area contributed by atoms with Gasteiger partial charge in [-0.25, -0.2) is 9.37 Å². The number of halogens is 2. The van der Waals surface area contributed by atoms with Gasteiger partial charge in [-0.15, -0.1) is 0 Å². The van der Waals surface area contributed by atoms with Gasteiger partial charge in [0.25, 0.3) is 0 Å². The van der Waals surface area contributed by atoms with E-state index in [1.807, 2.05) is 23.1 Å². The molecule has 6 nitrogen and oxygen atoms in total. The van der Waals surface area contributed by atoms with E-state index >= 15 is 0 Å². The Bertz CT molecular complexity index is 887. The number of rotatable bonds is 3. The molecule has 0 unspecified atom stereocenters. The van der Waals surface area contributed by atoms with Crippen LogP contribution in [0.5, 0.6) is 0 Å². The van der Waals surface area contributed by atoms with Crippen molar-refractivity contribution in [2.24, 2.45) is 5.92 Å². The molecule has 1 atom stereocenters. The first-order chi connectivity index (χ1) is 13.5. The lowest BCUT2D eigenvalue weighted by Crippen LogP contribution is -2.51. The Balaban J connectivity index is 1.38. The lowest BCUT2D eigenvalue weighted by atomic mass is 10.1. The Morgan fingerprint density at radius 3 is 2.61 bits per heavy atom. The number of anilines is 2. The van der Waals surface area contributed by atoms with Gasteiger partial charge >= 0.3 is 0 Å². The third-order valence-electron chi connectivity index (χ3n) is 5.25. The zero-order valence-corrected chi connectivity index (χ0v) is 16.0. The van der Waals surface area contributed by atoms with Gasteiger partial charge in [0.05, 0.1) is 10.9 Å². The van der Waals surface area contributed by atoms with Crippen LogP contribution in [0.3, 0.4) is 0 Å². The molecule has 0 bridgehead atoms. The molecule has 0 N–H and O–H groups in total. The largest absolute Gasteiger partial charge is 0.353 e. The molecule has 8 heteroatoms. The Morgan fingerprint density at radius 1 is 1.14 bits per heavy atom. The molecule has 2 aliphatic rings. The number of piperazine rings is 1. The molecule has 0 saturated carbocycles. The van der Waals surface area contributed by atoms with Crippen LogP contribution in [0.2, 0.25) is 5.02 Å². The Hall–Kier alpha value is -2.67. The predicted octanol–water partition coefficient (Wildman–Crippen LogP) is 2.58. The van der Waals surface area contributed by atoms with Crippen molar-refractivity contribution in [2.75, 3.05) is 42.5 Å². The summed E-state index contributed by atoms with van der Waals surface area (Å²) in [4.78, 5) is 35.2. The molecule has 28 heavy (non-hydrogen) atoms. The van der Waals surface area contributed by atoms with Crippen LogP contribution in [-0.2, 0) is 9.59 Å². The molecule has 2 fully saturated rings. The standard InChI is InChI=1S/C20H20ClFN4O2/c21-16-12-15(4-5-17(16)22)26-13-14(11-19(26)27)20(28)25-9-7-24(8-10-25)18-3-1-2-6-23-18/h1-6,12,14H,7-11,13H2/t14-/m1/s1. The van der Waals surface area contributed by atoms with Gasteiger partial charge in [-0.1, -0.05) is 17.7 Å². The lowest BCUT2D eigenvalue weighted by Gasteiger charge is -2.36. The normalized spacial score (nSPS) is 20.0. The average Bonchev–Trinajstić information content (AvgIpc) is 3.12. The summed E-state index contributed by atoms with van der Waals surface area (Å²) in [5, 5.41) is -0.0364. The van der Waals surface area contributed by atoms with Crippen LogP contribution in [0.15, 0.2) is 42.6 Å². The molecule has 2 aromatic rings. The van der Waals surface area contributed by atoms with Gasteiger partial charge in [-0.05, 0) is 30.3 Å². The van der Waals surface area contributed by atoms with Crippen LogP contribution < -0.4 is 9.80 Å². The fraction of sp³-hybridized carbons (Fsp3) is 0.350. The number of hydrogen-bond acceptors (Lipinski definition) is 4. The second-order valence-corrected chi connectivity index (χ2v) is 7.41. The van der Waals surface area contributed by atoms with Crippen molar-refractivity contribution in [3.8, 4) is 0 Å². The molecular weight excluding hydrogens is 383 g/mol. The molecule has 0 spiro atoms. The minimum atomic E-state index is -0.532. The molecule has 0 radical (unpaired) electrons.